The van der Waals surface area contributed by atoms with E-state index < -0.39 is 11.8 Å². The van der Waals surface area contributed by atoms with Gasteiger partial charge in [0.05, 0.1) is 5.57 Å². The number of hydrogen-bond acceptors (Lipinski definition) is 3. The zero-order valence-electron chi connectivity index (χ0n) is 13.0. The fraction of sp³-hybridized carbons (Fsp3) is 0. The quantitative estimate of drug-likeness (QED) is 0.572. The lowest BCUT2D eigenvalue weighted by atomic mass is 9.94. The molecule has 25 heavy (non-hydrogen) atoms. The van der Waals surface area contributed by atoms with Crippen molar-refractivity contribution in [1.82, 2.24) is 5.32 Å². The Bertz CT molecular complexity index is 1020. The van der Waals surface area contributed by atoms with E-state index in [0.29, 0.717) is 28.2 Å². The Kier molecular flexibility index (Phi) is 3.54. The van der Waals surface area contributed by atoms with Gasteiger partial charge < -0.3 is 4.42 Å². The number of carbonyl (C=O) groups is 2. The molecule has 0 fully saturated rings. The second-order valence-electron chi connectivity index (χ2n) is 5.60. The normalized spacial score (nSPS) is 15.2. The summed E-state index contributed by atoms with van der Waals surface area (Å²) in [5.41, 5.74) is 2.10. The molecule has 1 aliphatic heterocycles. The Morgan fingerprint density at radius 3 is 2.32 bits per heavy atom. The van der Waals surface area contributed by atoms with Crippen LogP contribution in [0.3, 0.4) is 0 Å². The number of nitrogens with one attached hydrogen (secondary N) is 1. The summed E-state index contributed by atoms with van der Waals surface area (Å²) in [5, 5.41) is 2.32. The topological polar surface area (TPSA) is 59.3 Å². The molecule has 0 spiro atoms. The van der Waals surface area contributed by atoms with Crippen molar-refractivity contribution in [3.8, 4) is 11.3 Å². The summed E-state index contributed by atoms with van der Waals surface area (Å²) in [6.45, 7) is 0. The van der Waals surface area contributed by atoms with Crippen LogP contribution in [-0.2, 0) is 4.79 Å². The van der Waals surface area contributed by atoms with Crippen molar-refractivity contribution < 1.29 is 18.4 Å². The van der Waals surface area contributed by atoms with Crippen molar-refractivity contribution in [2.24, 2.45) is 0 Å². The summed E-state index contributed by atoms with van der Waals surface area (Å²) in [5.74, 6) is -0.175. The first kappa shape index (κ1) is 15.1. The highest BCUT2D eigenvalue weighted by Gasteiger charge is 2.26. The predicted octanol–water partition coefficient (Wildman–Crippen LogP) is 3.90. The molecule has 1 aromatic heterocycles. The van der Waals surface area contributed by atoms with E-state index in [2.05, 4.69) is 5.32 Å². The molecule has 1 N–H and O–H groups in total. The first-order valence-corrected chi connectivity index (χ1v) is 7.64. The molecule has 0 bridgehead atoms. The van der Waals surface area contributed by atoms with Crippen LogP contribution in [0.25, 0.3) is 23.0 Å². The van der Waals surface area contributed by atoms with E-state index in [-0.39, 0.29) is 5.82 Å². The molecule has 0 saturated carbocycles. The number of rotatable bonds is 2. The zero-order valence-corrected chi connectivity index (χ0v) is 13.0. The van der Waals surface area contributed by atoms with E-state index in [0.717, 1.165) is 5.56 Å². The Morgan fingerprint density at radius 1 is 0.840 bits per heavy atom. The molecule has 122 valence electrons. The van der Waals surface area contributed by atoms with Gasteiger partial charge >= 0.3 is 0 Å². The highest BCUT2D eigenvalue weighted by molar-refractivity contribution is 6.33. The van der Waals surface area contributed by atoms with E-state index in [9.17, 15) is 14.0 Å². The maximum atomic E-state index is 13.0. The van der Waals surface area contributed by atoms with Crippen LogP contribution in [0.15, 0.2) is 65.1 Å². The van der Waals surface area contributed by atoms with Gasteiger partial charge in [0.2, 0.25) is 0 Å². The third-order valence-corrected chi connectivity index (χ3v) is 3.98. The molecule has 4 nitrogen and oxygen atoms in total. The molecule has 0 unspecified atom stereocenters. The summed E-state index contributed by atoms with van der Waals surface area (Å²) in [4.78, 5) is 24.1. The van der Waals surface area contributed by atoms with E-state index >= 15 is 0 Å². The first-order valence-electron chi connectivity index (χ1n) is 7.64. The first-order chi connectivity index (χ1) is 12.1. The number of carbonyl (C=O) groups excluding carboxylic acids is 2. The third-order valence-electron chi connectivity index (χ3n) is 3.98. The van der Waals surface area contributed by atoms with Gasteiger partial charge in [0, 0.05) is 16.7 Å². The Balaban J connectivity index is 1.74. The second-order valence-corrected chi connectivity index (χ2v) is 5.60. The minimum absolute atomic E-state index is 0.321. The third kappa shape index (κ3) is 2.76. The van der Waals surface area contributed by atoms with Crippen LogP contribution in [0, 0.1) is 5.82 Å². The maximum absolute atomic E-state index is 13.0. The summed E-state index contributed by atoms with van der Waals surface area (Å²) in [6.07, 6.45) is 1.59. The number of fused-ring (bicyclic) bond motifs is 1. The maximum Gasteiger partial charge on any atom is 0.258 e. The van der Waals surface area contributed by atoms with Gasteiger partial charge in [-0.05, 0) is 48.5 Å². The molecule has 0 radical (unpaired) electrons. The molecule has 0 saturated heterocycles. The smallest absolute Gasteiger partial charge is 0.258 e. The SMILES string of the molecule is O=C1NC(=O)c2ccccc2/C1=C/c1ccc(-c2ccc(F)cc2)o1. The van der Waals surface area contributed by atoms with Crippen LogP contribution in [0.5, 0.6) is 0 Å². The number of amides is 2. The van der Waals surface area contributed by atoms with Crippen LogP contribution < -0.4 is 5.32 Å². The predicted molar refractivity (Wildman–Crippen MR) is 90.9 cm³/mol. The fourth-order valence-corrected chi connectivity index (χ4v) is 2.76. The summed E-state index contributed by atoms with van der Waals surface area (Å²) < 4.78 is 18.8. The number of imide groups is 1. The summed E-state index contributed by atoms with van der Waals surface area (Å²) >= 11 is 0. The van der Waals surface area contributed by atoms with E-state index in [1.165, 1.54) is 12.1 Å². The lowest BCUT2D eigenvalue weighted by molar-refractivity contribution is -0.114. The van der Waals surface area contributed by atoms with Crippen molar-refractivity contribution in [3.63, 3.8) is 0 Å². The average molecular weight is 333 g/mol. The summed E-state index contributed by atoms with van der Waals surface area (Å²) in [6, 6.07) is 16.3. The minimum Gasteiger partial charge on any atom is -0.457 e. The number of benzene rings is 2. The lowest BCUT2D eigenvalue weighted by Crippen LogP contribution is -2.36. The molecule has 4 rings (SSSR count). The minimum atomic E-state index is -0.469. The molecule has 1 aliphatic rings. The molecule has 3 aromatic rings. The number of furan rings is 1. The van der Waals surface area contributed by atoms with Gasteiger partial charge in [-0.3, -0.25) is 14.9 Å². The summed E-state index contributed by atoms with van der Waals surface area (Å²) in [7, 11) is 0. The number of hydrogen-bond donors (Lipinski definition) is 1. The van der Waals surface area contributed by atoms with Crippen molar-refractivity contribution in [3.05, 3.63) is 83.4 Å². The fourth-order valence-electron chi connectivity index (χ4n) is 2.76. The molecular formula is C20H12FNO3. The van der Waals surface area contributed by atoms with Gasteiger partial charge in [0.1, 0.15) is 17.3 Å². The van der Waals surface area contributed by atoms with E-state index in [1.807, 2.05) is 0 Å². The largest absolute Gasteiger partial charge is 0.457 e. The monoisotopic (exact) mass is 333 g/mol. The Labute approximate surface area is 142 Å². The molecule has 2 amide bonds. The second kappa shape index (κ2) is 5.87. The van der Waals surface area contributed by atoms with Gasteiger partial charge in [-0.15, -0.1) is 0 Å². The van der Waals surface area contributed by atoms with Gasteiger partial charge in [-0.25, -0.2) is 4.39 Å². The zero-order chi connectivity index (χ0) is 17.4. The van der Waals surface area contributed by atoms with Crippen LogP contribution >= 0.6 is 0 Å². The average Bonchev–Trinajstić information content (AvgIpc) is 3.08. The van der Waals surface area contributed by atoms with Gasteiger partial charge in [0.25, 0.3) is 11.8 Å². The van der Waals surface area contributed by atoms with Gasteiger partial charge in [0.15, 0.2) is 0 Å². The number of halogens is 1. The van der Waals surface area contributed by atoms with E-state index in [1.54, 1.807) is 54.6 Å². The molecule has 5 heteroatoms. The standard InChI is InChI=1S/C20H12FNO3/c21-13-7-5-12(6-8-13)18-10-9-14(25-18)11-17-15-3-1-2-4-16(15)19(23)22-20(17)24/h1-11H,(H,22,23,24)/b17-11-. The van der Waals surface area contributed by atoms with Crippen molar-refractivity contribution in [1.29, 1.82) is 0 Å². The Morgan fingerprint density at radius 2 is 1.56 bits per heavy atom. The highest BCUT2D eigenvalue weighted by atomic mass is 19.1. The van der Waals surface area contributed by atoms with E-state index in [4.69, 9.17) is 4.42 Å². The van der Waals surface area contributed by atoms with Crippen molar-refractivity contribution in [2.45, 2.75) is 0 Å². The van der Waals surface area contributed by atoms with Crippen LogP contribution in [-0.4, -0.2) is 11.8 Å². The Hall–Kier alpha value is -3.47. The van der Waals surface area contributed by atoms with Crippen LogP contribution in [0.4, 0.5) is 4.39 Å². The van der Waals surface area contributed by atoms with Gasteiger partial charge in [-0.2, -0.15) is 0 Å². The molecular weight excluding hydrogens is 321 g/mol. The van der Waals surface area contributed by atoms with Crippen molar-refractivity contribution in [2.75, 3.05) is 0 Å². The van der Waals surface area contributed by atoms with Crippen LogP contribution in [0.2, 0.25) is 0 Å². The molecule has 2 heterocycles. The molecule has 0 atom stereocenters. The lowest BCUT2D eigenvalue weighted by Gasteiger charge is -2.17. The molecule has 0 aliphatic carbocycles. The molecule has 2 aromatic carbocycles. The highest BCUT2D eigenvalue weighted by Crippen LogP contribution is 2.28. The van der Waals surface area contributed by atoms with Crippen LogP contribution in [0.1, 0.15) is 21.7 Å². The van der Waals surface area contributed by atoms with Gasteiger partial charge in [-0.1, -0.05) is 18.2 Å². The van der Waals surface area contributed by atoms with Crippen molar-refractivity contribution >= 4 is 23.5 Å².